The molecular weight excluding hydrogens is 468 g/mol. The number of benzene rings is 1. The highest BCUT2D eigenvalue weighted by atomic mass is 31.2. The fourth-order valence-corrected chi connectivity index (χ4v) is 7.46. The quantitative estimate of drug-likeness (QED) is 0.266. The minimum atomic E-state index is -2.98. The van der Waals surface area contributed by atoms with Crippen LogP contribution in [0.3, 0.4) is 0 Å². The lowest BCUT2D eigenvalue weighted by Gasteiger charge is -2.34. The van der Waals surface area contributed by atoms with Crippen LogP contribution in [0.25, 0.3) is 16.7 Å². The molecule has 0 amide bonds. The van der Waals surface area contributed by atoms with E-state index in [2.05, 4.69) is 49.4 Å². The van der Waals surface area contributed by atoms with Crippen LogP contribution in [0.15, 0.2) is 24.4 Å². The SMILES string of the molecule is [B]c1cc(C)c(-n2cc(C)c3c(N4CCC(CCP(=O)(OCC)OCC)CC4)cc(C)nc32)c(C)c1. The van der Waals surface area contributed by atoms with Gasteiger partial charge in [0.2, 0.25) is 0 Å². The molecule has 8 heteroatoms. The highest BCUT2D eigenvalue weighted by Gasteiger charge is 2.28. The van der Waals surface area contributed by atoms with Crippen LogP contribution in [0.4, 0.5) is 5.69 Å². The maximum absolute atomic E-state index is 12.9. The van der Waals surface area contributed by atoms with Crippen LogP contribution in [-0.2, 0) is 13.6 Å². The zero-order valence-corrected chi connectivity index (χ0v) is 23.5. The minimum absolute atomic E-state index is 0.418. The first-order chi connectivity index (χ1) is 17.2. The van der Waals surface area contributed by atoms with Crippen molar-refractivity contribution < 1.29 is 13.6 Å². The van der Waals surface area contributed by atoms with Crippen molar-refractivity contribution in [2.75, 3.05) is 37.4 Å². The maximum atomic E-state index is 12.9. The van der Waals surface area contributed by atoms with Crippen LogP contribution >= 0.6 is 7.60 Å². The van der Waals surface area contributed by atoms with Crippen LogP contribution in [0.5, 0.6) is 0 Å². The van der Waals surface area contributed by atoms with Crippen LogP contribution in [-0.4, -0.2) is 49.9 Å². The van der Waals surface area contributed by atoms with Gasteiger partial charge in [0, 0.05) is 36.1 Å². The van der Waals surface area contributed by atoms with Crippen LogP contribution in [0, 0.1) is 33.6 Å². The number of fused-ring (bicyclic) bond motifs is 1. The van der Waals surface area contributed by atoms with E-state index in [4.69, 9.17) is 21.9 Å². The molecule has 36 heavy (non-hydrogen) atoms. The van der Waals surface area contributed by atoms with Crippen molar-refractivity contribution >= 4 is 37.6 Å². The summed E-state index contributed by atoms with van der Waals surface area (Å²) in [5.41, 5.74) is 8.71. The molecule has 1 aromatic carbocycles. The molecule has 0 saturated carbocycles. The molecular formula is C28H39BN3O3P. The number of hydrogen-bond donors (Lipinski definition) is 0. The Balaban J connectivity index is 1.57. The summed E-state index contributed by atoms with van der Waals surface area (Å²) >= 11 is 0. The number of anilines is 1. The first-order valence-electron chi connectivity index (χ1n) is 13.1. The average Bonchev–Trinajstić information content (AvgIpc) is 3.13. The van der Waals surface area contributed by atoms with Gasteiger partial charge in [-0.25, -0.2) is 4.98 Å². The van der Waals surface area contributed by atoms with Gasteiger partial charge in [0.25, 0.3) is 0 Å². The molecule has 192 valence electrons. The van der Waals surface area contributed by atoms with Gasteiger partial charge in [0.15, 0.2) is 0 Å². The number of nitrogens with zero attached hydrogens (tertiary/aromatic N) is 3. The molecule has 3 aromatic rings. The van der Waals surface area contributed by atoms with Crippen molar-refractivity contribution in [3.05, 3.63) is 46.8 Å². The highest BCUT2D eigenvalue weighted by Crippen LogP contribution is 2.49. The minimum Gasteiger partial charge on any atom is -0.371 e. The summed E-state index contributed by atoms with van der Waals surface area (Å²) in [5, 5.41) is 1.21. The normalized spacial score (nSPS) is 15.2. The number of aromatic nitrogens is 2. The van der Waals surface area contributed by atoms with E-state index in [1.54, 1.807) is 0 Å². The van der Waals surface area contributed by atoms with Crippen molar-refractivity contribution in [3.63, 3.8) is 0 Å². The summed E-state index contributed by atoms with van der Waals surface area (Å²) in [5.74, 6) is 0.527. The second-order valence-corrected chi connectivity index (χ2v) is 12.2. The third-order valence-electron chi connectivity index (χ3n) is 7.23. The fourth-order valence-electron chi connectivity index (χ4n) is 5.66. The Hall–Kier alpha value is -2.08. The Morgan fingerprint density at radius 1 is 1.00 bits per heavy atom. The monoisotopic (exact) mass is 507 g/mol. The van der Waals surface area contributed by atoms with Crippen molar-refractivity contribution in [2.24, 2.45) is 5.92 Å². The van der Waals surface area contributed by atoms with Crippen molar-refractivity contribution in [2.45, 2.75) is 60.8 Å². The molecule has 0 unspecified atom stereocenters. The molecule has 1 aliphatic heterocycles. The molecule has 0 N–H and O–H groups in total. The molecule has 3 heterocycles. The second-order valence-electron chi connectivity index (χ2n) is 10.1. The third kappa shape index (κ3) is 5.59. The topological polar surface area (TPSA) is 56.6 Å². The zero-order chi connectivity index (χ0) is 26.0. The summed E-state index contributed by atoms with van der Waals surface area (Å²) in [7, 11) is 3.12. The standard InChI is InChI=1S/C28H39BN3O3P/c1-7-34-36(33,35-8-2)14-11-23-9-12-31(13-10-23)25-17-22(6)30-28-26(25)21(5)18-32(28)27-19(3)15-24(29)16-20(27)4/h15-18,23H,7-14H2,1-6H3. The number of rotatable bonds is 9. The number of aryl methyl sites for hydroxylation is 4. The van der Waals surface area contributed by atoms with E-state index in [1.165, 1.54) is 16.6 Å². The summed E-state index contributed by atoms with van der Waals surface area (Å²) < 4.78 is 26.1. The van der Waals surface area contributed by atoms with Gasteiger partial charge in [-0.1, -0.05) is 17.6 Å². The van der Waals surface area contributed by atoms with E-state index >= 15 is 0 Å². The smallest absolute Gasteiger partial charge is 0.330 e. The highest BCUT2D eigenvalue weighted by molar-refractivity contribution is 7.53. The summed E-state index contributed by atoms with van der Waals surface area (Å²) in [6, 6.07) is 6.28. The van der Waals surface area contributed by atoms with E-state index < -0.39 is 7.60 Å². The molecule has 6 nitrogen and oxygen atoms in total. The van der Waals surface area contributed by atoms with E-state index in [0.717, 1.165) is 66.0 Å². The number of pyridine rings is 1. The second kappa shape index (κ2) is 11.1. The molecule has 0 aliphatic carbocycles. The lowest BCUT2D eigenvalue weighted by Crippen LogP contribution is -2.34. The molecule has 1 fully saturated rings. The van der Waals surface area contributed by atoms with Gasteiger partial charge in [-0.05, 0) is 89.5 Å². The van der Waals surface area contributed by atoms with Gasteiger partial charge < -0.3 is 18.5 Å². The molecule has 0 spiro atoms. The molecule has 2 radical (unpaired) electrons. The van der Waals surface area contributed by atoms with Crippen molar-refractivity contribution in [3.8, 4) is 5.69 Å². The van der Waals surface area contributed by atoms with E-state index in [-0.39, 0.29) is 0 Å². The van der Waals surface area contributed by atoms with Crippen LogP contribution < -0.4 is 10.4 Å². The van der Waals surface area contributed by atoms with Gasteiger partial charge in [-0.15, -0.1) is 0 Å². The van der Waals surface area contributed by atoms with E-state index in [0.29, 0.717) is 25.3 Å². The van der Waals surface area contributed by atoms with Gasteiger partial charge in [-0.3, -0.25) is 4.57 Å². The largest absolute Gasteiger partial charge is 0.371 e. The van der Waals surface area contributed by atoms with Crippen LogP contribution in [0.1, 0.15) is 55.5 Å². The number of piperidine rings is 1. The molecule has 0 atom stereocenters. The lowest BCUT2D eigenvalue weighted by atomic mass is 9.91. The summed E-state index contributed by atoms with van der Waals surface area (Å²) in [6.07, 6.45) is 5.72. The van der Waals surface area contributed by atoms with E-state index in [9.17, 15) is 4.57 Å². The van der Waals surface area contributed by atoms with Crippen molar-refractivity contribution in [1.29, 1.82) is 0 Å². The molecule has 0 bridgehead atoms. The average molecular weight is 507 g/mol. The van der Waals surface area contributed by atoms with Gasteiger partial charge in [0.05, 0.1) is 25.1 Å². The van der Waals surface area contributed by atoms with Gasteiger partial charge >= 0.3 is 7.60 Å². The predicted molar refractivity (Wildman–Crippen MR) is 151 cm³/mol. The predicted octanol–water partition coefficient (Wildman–Crippen LogP) is 5.93. The van der Waals surface area contributed by atoms with Gasteiger partial charge in [0.1, 0.15) is 13.5 Å². The Labute approximate surface area is 217 Å². The molecule has 4 rings (SSSR count). The Kier molecular flexibility index (Phi) is 8.33. The third-order valence-corrected chi connectivity index (χ3v) is 9.33. The first-order valence-corrected chi connectivity index (χ1v) is 14.9. The zero-order valence-electron chi connectivity index (χ0n) is 22.6. The molecule has 1 aliphatic rings. The first kappa shape index (κ1) is 27.0. The maximum Gasteiger partial charge on any atom is 0.330 e. The lowest BCUT2D eigenvalue weighted by molar-refractivity contribution is 0.217. The number of hydrogen-bond acceptors (Lipinski definition) is 5. The molecule has 2 aromatic heterocycles. The molecule has 1 saturated heterocycles. The van der Waals surface area contributed by atoms with Crippen LogP contribution in [0.2, 0.25) is 0 Å². The van der Waals surface area contributed by atoms with E-state index in [1.807, 2.05) is 26.0 Å². The Morgan fingerprint density at radius 3 is 2.19 bits per heavy atom. The Morgan fingerprint density at radius 2 is 1.61 bits per heavy atom. The van der Waals surface area contributed by atoms with Crippen molar-refractivity contribution in [1.82, 2.24) is 9.55 Å². The summed E-state index contributed by atoms with van der Waals surface area (Å²) in [6.45, 7) is 15.0. The Bertz CT molecular complexity index is 1250. The fraction of sp³-hybridized carbons (Fsp3) is 0.536. The van der Waals surface area contributed by atoms with Gasteiger partial charge in [-0.2, -0.15) is 0 Å². The summed E-state index contributed by atoms with van der Waals surface area (Å²) in [4.78, 5) is 7.48.